The molecule has 4 aromatic rings. The van der Waals surface area contributed by atoms with Crippen molar-refractivity contribution in [3.8, 4) is 11.3 Å². The van der Waals surface area contributed by atoms with Crippen molar-refractivity contribution < 1.29 is 4.79 Å². The third kappa shape index (κ3) is 3.90. The average Bonchev–Trinajstić information content (AvgIpc) is 3.48. The zero-order chi connectivity index (χ0) is 21.2. The van der Waals surface area contributed by atoms with Crippen molar-refractivity contribution in [3.63, 3.8) is 0 Å². The Morgan fingerprint density at radius 1 is 1.00 bits per heavy atom. The second-order valence-corrected chi connectivity index (χ2v) is 8.61. The third-order valence-corrected chi connectivity index (χ3v) is 6.54. The quantitative estimate of drug-likeness (QED) is 0.381. The second-order valence-electron chi connectivity index (χ2n) is 7.28. The SMILES string of the molecule is O=C(C1=CN[C@@H](c2nc(-c3cccnc3)cs2)[C@@H]1c1ccccc1)c1ccc(Cl)cc1. The molecule has 6 heteroatoms. The van der Waals surface area contributed by atoms with Crippen LogP contribution in [0, 0.1) is 0 Å². The highest BCUT2D eigenvalue weighted by Gasteiger charge is 2.37. The molecular formula is C25H18ClN3OS. The monoisotopic (exact) mass is 443 g/mol. The summed E-state index contributed by atoms with van der Waals surface area (Å²) in [7, 11) is 0. The second kappa shape index (κ2) is 8.46. The van der Waals surface area contributed by atoms with Gasteiger partial charge in [0.15, 0.2) is 5.78 Å². The summed E-state index contributed by atoms with van der Waals surface area (Å²) in [6.07, 6.45) is 5.40. The van der Waals surface area contributed by atoms with Crippen LogP contribution in [0.2, 0.25) is 5.02 Å². The molecule has 0 amide bonds. The van der Waals surface area contributed by atoms with Crippen LogP contribution in [-0.4, -0.2) is 15.8 Å². The fourth-order valence-electron chi connectivity index (χ4n) is 3.84. The summed E-state index contributed by atoms with van der Waals surface area (Å²) >= 11 is 7.60. The summed E-state index contributed by atoms with van der Waals surface area (Å²) < 4.78 is 0. The van der Waals surface area contributed by atoms with Gasteiger partial charge < -0.3 is 5.32 Å². The summed E-state index contributed by atoms with van der Waals surface area (Å²) in [5.41, 5.74) is 4.28. The van der Waals surface area contributed by atoms with Gasteiger partial charge in [0.1, 0.15) is 5.01 Å². The molecule has 2 atom stereocenters. The molecule has 0 saturated carbocycles. The lowest BCUT2D eigenvalue weighted by Gasteiger charge is -2.21. The number of nitrogens with zero attached hydrogens (tertiary/aromatic N) is 2. The Morgan fingerprint density at radius 2 is 1.81 bits per heavy atom. The van der Waals surface area contributed by atoms with Crippen molar-refractivity contribution in [2.75, 3.05) is 0 Å². The number of Topliss-reactive ketones (excluding diaryl/α,β-unsaturated/α-hetero) is 1. The number of aromatic nitrogens is 2. The van der Waals surface area contributed by atoms with E-state index in [1.165, 1.54) is 0 Å². The first-order chi connectivity index (χ1) is 15.2. The van der Waals surface area contributed by atoms with Gasteiger partial charge in [-0.15, -0.1) is 11.3 Å². The number of pyridine rings is 1. The van der Waals surface area contributed by atoms with Gasteiger partial charge in [0, 0.05) is 51.6 Å². The number of nitrogens with one attached hydrogen (secondary N) is 1. The zero-order valence-corrected chi connectivity index (χ0v) is 18.0. The van der Waals surface area contributed by atoms with E-state index in [-0.39, 0.29) is 17.7 Å². The highest BCUT2D eigenvalue weighted by atomic mass is 35.5. The Balaban J connectivity index is 1.51. The van der Waals surface area contributed by atoms with Crippen LogP contribution in [-0.2, 0) is 0 Å². The number of hydrogen-bond donors (Lipinski definition) is 1. The van der Waals surface area contributed by atoms with Gasteiger partial charge in [0.2, 0.25) is 0 Å². The number of halogens is 1. The van der Waals surface area contributed by atoms with Crippen LogP contribution in [0.15, 0.2) is 96.3 Å². The van der Waals surface area contributed by atoms with E-state index < -0.39 is 0 Å². The average molecular weight is 444 g/mol. The van der Waals surface area contributed by atoms with E-state index >= 15 is 0 Å². The lowest BCUT2D eigenvalue weighted by atomic mass is 9.84. The maximum atomic E-state index is 13.4. The molecule has 0 bridgehead atoms. The number of rotatable bonds is 5. The fraction of sp³-hybridized carbons (Fsp3) is 0.0800. The van der Waals surface area contributed by atoms with E-state index in [4.69, 9.17) is 16.6 Å². The maximum Gasteiger partial charge on any atom is 0.191 e. The van der Waals surface area contributed by atoms with Crippen molar-refractivity contribution in [2.45, 2.75) is 12.0 Å². The largest absolute Gasteiger partial charge is 0.381 e. The zero-order valence-electron chi connectivity index (χ0n) is 16.4. The van der Waals surface area contributed by atoms with Gasteiger partial charge in [0.25, 0.3) is 0 Å². The van der Waals surface area contributed by atoms with Crippen molar-refractivity contribution >= 4 is 28.7 Å². The highest BCUT2D eigenvalue weighted by Crippen LogP contribution is 2.43. The van der Waals surface area contributed by atoms with Crippen LogP contribution in [0.25, 0.3) is 11.3 Å². The molecule has 0 fully saturated rings. The van der Waals surface area contributed by atoms with Crippen LogP contribution >= 0.6 is 22.9 Å². The van der Waals surface area contributed by atoms with Gasteiger partial charge in [-0.3, -0.25) is 9.78 Å². The summed E-state index contributed by atoms with van der Waals surface area (Å²) in [5, 5.41) is 7.00. The van der Waals surface area contributed by atoms with Crippen molar-refractivity contribution in [1.82, 2.24) is 15.3 Å². The molecule has 0 saturated heterocycles. The lowest BCUT2D eigenvalue weighted by Crippen LogP contribution is -2.19. The molecular weight excluding hydrogens is 426 g/mol. The molecule has 31 heavy (non-hydrogen) atoms. The number of ketones is 1. The standard InChI is InChI=1S/C25H18ClN3OS/c26-19-10-8-17(9-11-19)24(30)20-14-28-23(22(20)16-5-2-1-3-6-16)25-29-21(15-31-25)18-7-4-12-27-13-18/h1-15,22-23,28H/t22-,23-/m1/s1. The third-order valence-electron chi connectivity index (χ3n) is 5.36. The summed E-state index contributed by atoms with van der Waals surface area (Å²) in [5.74, 6) is -0.151. The number of benzene rings is 2. The van der Waals surface area contributed by atoms with Gasteiger partial charge in [-0.05, 0) is 42.0 Å². The molecule has 2 aromatic carbocycles. The Kier molecular flexibility index (Phi) is 5.37. The first-order valence-electron chi connectivity index (χ1n) is 9.88. The molecule has 0 aliphatic carbocycles. The molecule has 1 aliphatic heterocycles. The Bertz CT molecular complexity index is 1240. The van der Waals surface area contributed by atoms with Crippen LogP contribution in [0.4, 0.5) is 0 Å². The normalized spacial score (nSPS) is 17.8. The molecule has 5 rings (SSSR count). The first kappa shape index (κ1) is 19.7. The van der Waals surface area contributed by atoms with Gasteiger partial charge in [-0.1, -0.05) is 41.9 Å². The predicted octanol–water partition coefficient (Wildman–Crippen LogP) is 6.05. The molecule has 152 valence electrons. The van der Waals surface area contributed by atoms with E-state index in [1.54, 1.807) is 41.8 Å². The molecule has 0 spiro atoms. The van der Waals surface area contributed by atoms with Gasteiger partial charge in [0.05, 0.1) is 11.7 Å². The first-order valence-corrected chi connectivity index (χ1v) is 11.1. The van der Waals surface area contributed by atoms with E-state index in [1.807, 2.05) is 48.1 Å². The van der Waals surface area contributed by atoms with E-state index in [9.17, 15) is 4.79 Å². The minimum absolute atomic E-state index is 0.00967. The van der Waals surface area contributed by atoms with E-state index in [2.05, 4.69) is 22.4 Å². The molecule has 1 aliphatic rings. The Labute approximate surface area is 189 Å². The molecule has 4 nitrogen and oxygen atoms in total. The molecule has 3 heterocycles. The fourth-order valence-corrected chi connectivity index (χ4v) is 4.89. The van der Waals surface area contributed by atoms with Gasteiger partial charge in [-0.25, -0.2) is 4.98 Å². The maximum absolute atomic E-state index is 13.4. The van der Waals surface area contributed by atoms with Crippen molar-refractivity contribution in [2.24, 2.45) is 0 Å². The summed E-state index contributed by atoms with van der Waals surface area (Å²) in [6, 6.07) is 20.9. The number of carbonyl (C=O) groups is 1. The van der Waals surface area contributed by atoms with E-state index in [0.29, 0.717) is 10.6 Å². The van der Waals surface area contributed by atoms with E-state index in [0.717, 1.165) is 27.4 Å². The Hall–Kier alpha value is -3.28. The van der Waals surface area contributed by atoms with Crippen LogP contribution in [0.1, 0.15) is 32.9 Å². The molecule has 2 aromatic heterocycles. The predicted molar refractivity (Wildman–Crippen MR) is 124 cm³/mol. The minimum atomic E-state index is -0.141. The molecule has 0 unspecified atom stereocenters. The summed E-state index contributed by atoms with van der Waals surface area (Å²) in [6.45, 7) is 0. The topological polar surface area (TPSA) is 54.9 Å². The molecule has 0 radical (unpaired) electrons. The highest BCUT2D eigenvalue weighted by molar-refractivity contribution is 7.10. The van der Waals surface area contributed by atoms with Crippen molar-refractivity contribution in [3.05, 3.63) is 117 Å². The van der Waals surface area contributed by atoms with Crippen molar-refractivity contribution in [1.29, 1.82) is 0 Å². The number of hydrogen-bond acceptors (Lipinski definition) is 5. The smallest absolute Gasteiger partial charge is 0.191 e. The lowest BCUT2D eigenvalue weighted by molar-refractivity contribution is 0.102. The van der Waals surface area contributed by atoms with Gasteiger partial charge in [-0.2, -0.15) is 0 Å². The summed E-state index contributed by atoms with van der Waals surface area (Å²) in [4.78, 5) is 22.4. The number of thiazole rings is 1. The number of carbonyl (C=O) groups excluding carboxylic acids is 1. The molecule has 1 N–H and O–H groups in total. The van der Waals surface area contributed by atoms with Crippen LogP contribution < -0.4 is 5.32 Å². The van der Waals surface area contributed by atoms with Crippen LogP contribution in [0.5, 0.6) is 0 Å². The minimum Gasteiger partial charge on any atom is -0.381 e. The van der Waals surface area contributed by atoms with Crippen LogP contribution in [0.3, 0.4) is 0 Å². The van der Waals surface area contributed by atoms with Gasteiger partial charge >= 0.3 is 0 Å². The Morgan fingerprint density at radius 3 is 2.55 bits per heavy atom.